The third-order valence-corrected chi connectivity index (χ3v) is 3.90. The molecule has 0 aliphatic heterocycles. The number of aromatic amines is 1. The van der Waals surface area contributed by atoms with Crippen LogP contribution < -0.4 is 11.2 Å². The number of H-pyrrole nitrogens is 1. The zero-order valence-electron chi connectivity index (χ0n) is 12.1. The van der Waals surface area contributed by atoms with Gasteiger partial charge in [0.05, 0.1) is 5.02 Å². The fraction of sp³-hybridized carbons (Fsp3) is 0.154. The Labute approximate surface area is 144 Å². The number of alkyl halides is 3. The summed E-state index contributed by atoms with van der Waals surface area (Å²) in [6.07, 6.45) is -4.94. The monoisotopic (exact) mass is 395 g/mol. The second-order valence-electron chi connectivity index (χ2n) is 4.95. The van der Waals surface area contributed by atoms with Crippen LogP contribution in [-0.4, -0.2) is 14.1 Å². The molecule has 0 bridgehead atoms. The molecule has 25 heavy (non-hydrogen) atoms. The van der Waals surface area contributed by atoms with Gasteiger partial charge in [-0.15, -0.1) is 0 Å². The van der Waals surface area contributed by atoms with E-state index >= 15 is 0 Å². The number of rotatable bonds is 1. The van der Waals surface area contributed by atoms with E-state index in [1.165, 1.54) is 0 Å². The van der Waals surface area contributed by atoms with Crippen LogP contribution in [0, 0.1) is 10.7 Å². The van der Waals surface area contributed by atoms with Gasteiger partial charge in [-0.1, -0.05) is 11.6 Å². The molecule has 0 saturated carbocycles. The van der Waals surface area contributed by atoms with E-state index in [1.807, 2.05) is 0 Å². The van der Waals surface area contributed by atoms with Crippen LogP contribution in [0.25, 0.3) is 16.8 Å². The molecule has 0 fully saturated rings. The van der Waals surface area contributed by atoms with Crippen LogP contribution in [0.5, 0.6) is 0 Å². The lowest BCUT2D eigenvalue weighted by Crippen LogP contribution is -2.41. The lowest BCUT2D eigenvalue weighted by atomic mass is 10.2. The lowest BCUT2D eigenvalue weighted by Gasteiger charge is -2.14. The first-order valence-corrected chi connectivity index (χ1v) is 7.22. The van der Waals surface area contributed by atoms with E-state index in [-0.39, 0.29) is 36.2 Å². The van der Waals surface area contributed by atoms with Crippen molar-refractivity contribution in [2.45, 2.75) is 6.18 Å². The maximum absolute atomic E-state index is 14.4. The van der Waals surface area contributed by atoms with Crippen LogP contribution in [0.1, 0.15) is 5.69 Å². The van der Waals surface area contributed by atoms with Crippen molar-refractivity contribution in [3.05, 3.63) is 54.3 Å². The molecule has 0 atom stereocenters. The summed E-state index contributed by atoms with van der Waals surface area (Å²) in [5, 5.41) is -0.145. The third kappa shape index (κ3) is 2.68. The minimum atomic E-state index is -4.94. The molecule has 2 aromatic heterocycles. The predicted octanol–water partition coefficient (Wildman–Crippen LogP) is 3.15. The molecule has 3 rings (SSSR count). The minimum absolute atomic E-state index is 0.00285. The van der Waals surface area contributed by atoms with Gasteiger partial charge in [0, 0.05) is 13.1 Å². The SMILES string of the molecule is Cn1c(C(F)(F)F)cc(=O)n(-c2c(F)cc(Cl)c3[nH]c(=S)oc23)c1=O. The molecule has 1 N–H and O–H groups in total. The zero-order chi connectivity index (χ0) is 18.7. The molecule has 6 nitrogen and oxygen atoms in total. The molecule has 132 valence electrons. The molecule has 3 aromatic rings. The van der Waals surface area contributed by atoms with Gasteiger partial charge >= 0.3 is 11.9 Å². The molecule has 0 unspecified atom stereocenters. The van der Waals surface area contributed by atoms with Crippen LogP contribution in [0.3, 0.4) is 0 Å². The standard InChI is InChI=1S/C13H6ClF4N3O3S/c1-20-6(13(16,17)18)3-7(22)21(12(20)23)9-5(15)2-4(14)8-10(9)24-11(25)19-8/h2-3H,1H3,(H,19,25). The smallest absolute Gasteiger partial charge is 0.427 e. The van der Waals surface area contributed by atoms with Gasteiger partial charge in [-0.3, -0.25) is 9.36 Å². The Morgan fingerprint density at radius 3 is 2.52 bits per heavy atom. The molecule has 0 saturated heterocycles. The summed E-state index contributed by atoms with van der Waals surface area (Å²) in [7, 11) is 0.804. The summed E-state index contributed by atoms with van der Waals surface area (Å²) < 4.78 is 58.5. The number of oxazole rings is 1. The van der Waals surface area contributed by atoms with Gasteiger partial charge in [0.1, 0.15) is 16.9 Å². The van der Waals surface area contributed by atoms with E-state index in [0.717, 1.165) is 13.1 Å². The fourth-order valence-corrected chi connectivity index (χ4v) is 2.75. The molecule has 0 aliphatic rings. The highest BCUT2D eigenvalue weighted by Gasteiger charge is 2.35. The average molecular weight is 396 g/mol. The van der Waals surface area contributed by atoms with Crippen molar-refractivity contribution in [3.8, 4) is 5.69 Å². The minimum Gasteiger partial charge on any atom is -0.427 e. The summed E-state index contributed by atoms with van der Waals surface area (Å²) in [5.41, 5.74) is -5.33. The highest BCUT2D eigenvalue weighted by atomic mass is 35.5. The highest BCUT2D eigenvalue weighted by Crippen LogP contribution is 2.31. The number of halogens is 5. The second-order valence-corrected chi connectivity index (χ2v) is 5.73. The van der Waals surface area contributed by atoms with E-state index in [1.54, 1.807) is 0 Å². The molecule has 0 spiro atoms. The van der Waals surface area contributed by atoms with Crippen molar-refractivity contribution in [2.24, 2.45) is 7.05 Å². The predicted molar refractivity (Wildman–Crippen MR) is 82.2 cm³/mol. The first-order valence-electron chi connectivity index (χ1n) is 6.44. The van der Waals surface area contributed by atoms with Gasteiger partial charge in [-0.25, -0.2) is 13.8 Å². The Hall–Kier alpha value is -2.40. The van der Waals surface area contributed by atoms with E-state index in [4.69, 9.17) is 28.2 Å². The first-order chi connectivity index (χ1) is 11.5. The molecule has 1 aromatic carbocycles. The molecule has 0 aliphatic carbocycles. The number of hydrogen-bond acceptors (Lipinski definition) is 4. The van der Waals surface area contributed by atoms with Gasteiger partial charge in [-0.05, 0) is 18.3 Å². The number of aromatic nitrogens is 3. The van der Waals surface area contributed by atoms with Crippen molar-refractivity contribution in [1.82, 2.24) is 14.1 Å². The van der Waals surface area contributed by atoms with Crippen LogP contribution in [0.15, 0.2) is 26.1 Å². The Morgan fingerprint density at radius 2 is 1.92 bits per heavy atom. The van der Waals surface area contributed by atoms with Crippen molar-refractivity contribution in [3.63, 3.8) is 0 Å². The van der Waals surface area contributed by atoms with Crippen molar-refractivity contribution in [2.75, 3.05) is 0 Å². The summed E-state index contributed by atoms with van der Waals surface area (Å²) in [6.45, 7) is 0. The van der Waals surface area contributed by atoms with Crippen LogP contribution >= 0.6 is 23.8 Å². The summed E-state index contributed by atoms with van der Waals surface area (Å²) in [5.74, 6) is -1.14. The number of nitrogens with one attached hydrogen (secondary N) is 1. The second kappa shape index (κ2) is 5.56. The first kappa shape index (κ1) is 17.4. The van der Waals surface area contributed by atoms with E-state index in [2.05, 4.69) is 4.98 Å². The van der Waals surface area contributed by atoms with Gasteiger partial charge in [0.15, 0.2) is 11.4 Å². The number of hydrogen-bond donors (Lipinski definition) is 1. The van der Waals surface area contributed by atoms with Crippen LogP contribution in [-0.2, 0) is 13.2 Å². The van der Waals surface area contributed by atoms with E-state index in [0.29, 0.717) is 0 Å². The quantitative estimate of drug-likeness (QED) is 0.507. The Morgan fingerprint density at radius 1 is 1.28 bits per heavy atom. The average Bonchev–Trinajstić information content (AvgIpc) is 2.87. The van der Waals surface area contributed by atoms with E-state index in [9.17, 15) is 27.2 Å². The zero-order valence-corrected chi connectivity index (χ0v) is 13.6. The number of fused-ring (bicyclic) bond motifs is 1. The van der Waals surface area contributed by atoms with Crippen molar-refractivity contribution < 1.29 is 22.0 Å². The Bertz CT molecular complexity index is 1190. The summed E-state index contributed by atoms with van der Waals surface area (Å²) >= 11 is 10.6. The fourth-order valence-electron chi connectivity index (χ4n) is 2.34. The molecule has 0 amide bonds. The molecule has 12 heteroatoms. The topological polar surface area (TPSA) is 72.9 Å². The number of benzene rings is 1. The van der Waals surface area contributed by atoms with Gasteiger partial charge in [-0.2, -0.15) is 13.2 Å². The molecular formula is C13H6ClF4N3O3S. The largest absolute Gasteiger partial charge is 0.431 e. The summed E-state index contributed by atoms with van der Waals surface area (Å²) in [6, 6.07) is 0.964. The Kier molecular flexibility index (Phi) is 3.88. The van der Waals surface area contributed by atoms with Crippen molar-refractivity contribution >= 4 is 34.9 Å². The number of nitrogens with zero attached hydrogens (tertiary/aromatic N) is 2. The van der Waals surface area contributed by atoms with Crippen molar-refractivity contribution in [1.29, 1.82) is 0 Å². The lowest BCUT2D eigenvalue weighted by molar-refractivity contribution is -0.144. The van der Waals surface area contributed by atoms with Gasteiger partial charge < -0.3 is 9.40 Å². The Balaban J connectivity index is 2.50. The summed E-state index contributed by atoms with van der Waals surface area (Å²) in [4.78, 5) is 26.7. The van der Waals surface area contributed by atoms with Gasteiger partial charge in [0.2, 0.25) is 0 Å². The molecular weight excluding hydrogens is 390 g/mol. The van der Waals surface area contributed by atoms with E-state index < -0.39 is 34.6 Å². The highest BCUT2D eigenvalue weighted by molar-refractivity contribution is 7.71. The van der Waals surface area contributed by atoms with Crippen LogP contribution in [0.4, 0.5) is 17.6 Å². The third-order valence-electron chi connectivity index (χ3n) is 3.42. The molecule has 0 radical (unpaired) electrons. The maximum Gasteiger partial charge on any atom is 0.431 e. The maximum atomic E-state index is 14.4. The van der Waals surface area contributed by atoms with Crippen LogP contribution in [0.2, 0.25) is 5.02 Å². The normalized spacial score (nSPS) is 12.1. The van der Waals surface area contributed by atoms with Gasteiger partial charge in [0.25, 0.3) is 10.4 Å². The molecule has 2 heterocycles.